The van der Waals surface area contributed by atoms with Gasteiger partial charge in [-0.15, -0.1) is 0 Å². The van der Waals surface area contributed by atoms with Gasteiger partial charge in [-0.2, -0.15) is 0 Å². The number of rotatable bonds is 8. The largest absolute Gasteiger partial charge is 0.381 e. The molecule has 0 fully saturated rings. The Morgan fingerprint density at radius 3 is 2.36 bits per heavy atom. The van der Waals surface area contributed by atoms with Crippen molar-refractivity contribution < 1.29 is 4.74 Å². The highest BCUT2D eigenvalue weighted by atomic mass is 16.5. The van der Waals surface area contributed by atoms with E-state index in [1.54, 1.807) is 0 Å². The van der Waals surface area contributed by atoms with Crippen molar-refractivity contribution in [3.63, 3.8) is 0 Å². The van der Waals surface area contributed by atoms with Gasteiger partial charge in [0.25, 0.3) is 0 Å². The molecular formula is C9H21NO. The van der Waals surface area contributed by atoms with E-state index in [-0.39, 0.29) is 0 Å². The summed E-state index contributed by atoms with van der Waals surface area (Å²) in [4.78, 5) is 0. The normalized spacial score (nSPS) is 10.4. The third-order valence-corrected chi connectivity index (χ3v) is 1.59. The molecule has 0 radical (unpaired) electrons. The van der Waals surface area contributed by atoms with E-state index in [4.69, 9.17) is 10.5 Å². The van der Waals surface area contributed by atoms with Crippen molar-refractivity contribution in [3.8, 4) is 0 Å². The van der Waals surface area contributed by atoms with Gasteiger partial charge in [0.15, 0.2) is 0 Å². The summed E-state index contributed by atoms with van der Waals surface area (Å²) in [7, 11) is 0. The fraction of sp³-hybridized carbons (Fsp3) is 1.00. The molecule has 0 aromatic heterocycles. The van der Waals surface area contributed by atoms with Gasteiger partial charge in [0.05, 0.1) is 0 Å². The van der Waals surface area contributed by atoms with Crippen molar-refractivity contribution in [2.45, 2.75) is 39.0 Å². The maximum Gasteiger partial charge on any atom is 0.0466 e. The van der Waals surface area contributed by atoms with Gasteiger partial charge in [-0.1, -0.05) is 19.8 Å². The number of nitrogens with two attached hydrogens (primary N) is 1. The van der Waals surface area contributed by atoms with Crippen LogP contribution >= 0.6 is 0 Å². The summed E-state index contributed by atoms with van der Waals surface area (Å²) < 4.78 is 5.33. The van der Waals surface area contributed by atoms with E-state index in [0.29, 0.717) is 0 Å². The third kappa shape index (κ3) is 9.92. The lowest BCUT2D eigenvalue weighted by Gasteiger charge is -2.01. The zero-order chi connectivity index (χ0) is 8.36. The van der Waals surface area contributed by atoms with Crippen LogP contribution in [0.3, 0.4) is 0 Å². The smallest absolute Gasteiger partial charge is 0.0466 e. The zero-order valence-electron chi connectivity index (χ0n) is 7.64. The second-order valence-corrected chi connectivity index (χ2v) is 2.82. The molecule has 2 heteroatoms. The Bertz CT molecular complexity index is 58.6. The summed E-state index contributed by atoms with van der Waals surface area (Å²) in [6, 6.07) is 0. The lowest BCUT2D eigenvalue weighted by Crippen LogP contribution is -1.99. The Hall–Kier alpha value is -0.0800. The van der Waals surface area contributed by atoms with Crippen molar-refractivity contribution in [2.24, 2.45) is 5.73 Å². The van der Waals surface area contributed by atoms with Gasteiger partial charge in [0.2, 0.25) is 0 Å². The molecule has 0 aromatic carbocycles. The van der Waals surface area contributed by atoms with Crippen molar-refractivity contribution in [2.75, 3.05) is 19.8 Å². The average molecular weight is 159 g/mol. The average Bonchev–Trinajstić information content (AvgIpc) is 2.03. The summed E-state index contributed by atoms with van der Waals surface area (Å²) in [5.41, 5.74) is 5.36. The molecule has 0 bridgehead atoms. The predicted molar refractivity (Wildman–Crippen MR) is 48.6 cm³/mol. The first-order valence-corrected chi connectivity index (χ1v) is 4.69. The molecule has 0 rings (SSSR count). The quantitative estimate of drug-likeness (QED) is 0.549. The van der Waals surface area contributed by atoms with E-state index in [1.807, 2.05) is 0 Å². The summed E-state index contributed by atoms with van der Waals surface area (Å²) in [5, 5.41) is 0. The van der Waals surface area contributed by atoms with Crippen LogP contribution in [0.1, 0.15) is 39.0 Å². The molecule has 0 aliphatic rings. The number of ether oxygens (including phenoxy) is 1. The lowest BCUT2D eigenvalue weighted by molar-refractivity contribution is 0.130. The highest BCUT2D eigenvalue weighted by Gasteiger charge is 1.88. The Morgan fingerprint density at radius 2 is 1.73 bits per heavy atom. The van der Waals surface area contributed by atoms with Crippen LogP contribution in [0.5, 0.6) is 0 Å². The zero-order valence-corrected chi connectivity index (χ0v) is 7.64. The predicted octanol–water partition coefficient (Wildman–Crippen LogP) is 1.93. The molecule has 0 saturated carbocycles. The van der Waals surface area contributed by atoms with E-state index in [1.165, 1.54) is 19.3 Å². The second kappa shape index (κ2) is 9.92. The minimum atomic E-state index is 0.829. The molecule has 0 saturated heterocycles. The Kier molecular flexibility index (Phi) is 9.85. The molecule has 0 aliphatic carbocycles. The molecule has 0 spiro atoms. The molecule has 0 aliphatic heterocycles. The highest BCUT2D eigenvalue weighted by Crippen LogP contribution is 1.98. The number of hydrogen-bond donors (Lipinski definition) is 1. The van der Waals surface area contributed by atoms with E-state index in [0.717, 1.165) is 32.6 Å². The SMILES string of the molecule is CCCOCCCCCCN. The van der Waals surface area contributed by atoms with E-state index >= 15 is 0 Å². The summed E-state index contributed by atoms with van der Waals surface area (Å²) in [6.45, 7) is 4.81. The van der Waals surface area contributed by atoms with E-state index < -0.39 is 0 Å². The molecule has 0 atom stereocenters. The van der Waals surface area contributed by atoms with Crippen LogP contribution < -0.4 is 5.73 Å². The Balaban J connectivity index is 2.69. The fourth-order valence-corrected chi connectivity index (χ4v) is 0.948. The van der Waals surface area contributed by atoms with Crippen LogP contribution in [0.2, 0.25) is 0 Å². The minimum absolute atomic E-state index is 0.829. The topological polar surface area (TPSA) is 35.2 Å². The van der Waals surface area contributed by atoms with E-state index in [9.17, 15) is 0 Å². The first-order valence-electron chi connectivity index (χ1n) is 4.69. The molecular weight excluding hydrogens is 138 g/mol. The van der Waals surface area contributed by atoms with Gasteiger partial charge in [-0.3, -0.25) is 0 Å². The fourth-order valence-electron chi connectivity index (χ4n) is 0.948. The third-order valence-electron chi connectivity index (χ3n) is 1.59. The minimum Gasteiger partial charge on any atom is -0.381 e. The van der Waals surface area contributed by atoms with Crippen LogP contribution in [-0.2, 0) is 4.74 Å². The molecule has 2 N–H and O–H groups in total. The number of hydrogen-bond acceptors (Lipinski definition) is 2. The van der Waals surface area contributed by atoms with Gasteiger partial charge in [-0.05, 0) is 25.8 Å². The first-order chi connectivity index (χ1) is 5.41. The Morgan fingerprint density at radius 1 is 1.00 bits per heavy atom. The summed E-state index contributed by atoms with van der Waals surface area (Å²) >= 11 is 0. The monoisotopic (exact) mass is 159 g/mol. The van der Waals surface area contributed by atoms with Crippen LogP contribution in [0, 0.1) is 0 Å². The maximum atomic E-state index is 5.36. The first kappa shape index (κ1) is 10.9. The molecule has 0 unspecified atom stereocenters. The van der Waals surface area contributed by atoms with Gasteiger partial charge < -0.3 is 10.5 Å². The van der Waals surface area contributed by atoms with Gasteiger partial charge in [0.1, 0.15) is 0 Å². The van der Waals surface area contributed by atoms with Crippen molar-refractivity contribution in [1.29, 1.82) is 0 Å². The Labute approximate surface area is 70.1 Å². The van der Waals surface area contributed by atoms with Crippen molar-refractivity contribution in [3.05, 3.63) is 0 Å². The second-order valence-electron chi connectivity index (χ2n) is 2.82. The molecule has 0 heterocycles. The van der Waals surface area contributed by atoms with Gasteiger partial charge >= 0.3 is 0 Å². The van der Waals surface area contributed by atoms with E-state index in [2.05, 4.69) is 6.92 Å². The standard InChI is InChI=1S/C9H21NO/c1-2-8-11-9-6-4-3-5-7-10/h2-10H2,1H3. The van der Waals surface area contributed by atoms with Crippen LogP contribution in [-0.4, -0.2) is 19.8 Å². The van der Waals surface area contributed by atoms with Crippen molar-refractivity contribution in [1.82, 2.24) is 0 Å². The van der Waals surface area contributed by atoms with Crippen LogP contribution in [0.4, 0.5) is 0 Å². The van der Waals surface area contributed by atoms with Crippen LogP contribution in [0.15, 0.2) is 0 Å². The summed E-state index contributed by atoms with van der Waals surface area (Å²) in [5.74, 6) is 0. The van der Waals surface area contributed by atoms with Crippen LogP contribution in [0.25, 0.3) is 0 Å². The summed E-state index contributed by atoms with van der Waals surface area (Å²) in [6.07, 6.45) is 6.00. The molecule has 11 heavy (non-hydrogen) atoms. The lowest BCUT2D eigenvalue weighted by atomic mass is 10.2. The molecule has 68 valence electrons. The molecule has 2 nitrogen and oxygen atoms in total. The molecule has 0 amide bonds. The van der Waals surface area contributed by atoms with Gasteiger partial charge in [0, 0.05) is 13.2 Å². The van der Waals surface area contributed by atoms with Crippen molar-refractivity contribution >= 4 is 0 Å². The molecule has 0 aromatic rings. The maximum absolute atomic E-state index is 5.36. The van der Waals surface area contributed by atoms with Gasteiger partial charge in [-0.25, -0.2) is 0 Å². The number of unbranched alkanes of at least 4 members (excludes halogenated alkanes) is 3. The highest BCUT2D eigenvalue weighted by molar-refractivity contribution is 4.42.